The first-order chi connectivity index (χ1) is 17.8. The van der Waals surface area contributed by atoms with Gasteiger partial charge < -0.3 is 26.7 Å². The molecule has 2 aliphatic heterocycles. The average Bonchev–Trinajstić information content (AvgIpc) is 3.21. The number of thiazole rings is 1. The van der Waals surface area contributed by atoms with E-state index in [-0.39, 0.29) is 45.6 Å². The van der Waals surface area contributed by atoms with Gasteiger partial charge in [-0.25, -0.2) is 14.3 Å². The van der Waals surface area contributed by atoms with Gasteiger partial charge in [-0.1, -0.05) is 34.2 Å². The van der Waals surface area contributed by atoms with Crippen molar-refractivity contribution in [2.45, 2.75) is 18.3 Å². The zero-order valence-corrected chi connectivity index (χ0v) is 21.9. The summed E-state index contributed by atoms with van der Waals surface area (Å²) in [5, 5.41) is 16.2. The Balaban J connectivity index is 1.46. The number of nitrogens with zero attached hydrogens (tertiary/aromatic N) is 4. The molecule has 37 heavy (non-hydrogen) atoms. The van der Waals surface area contributed by atoms with E-state index in [0.717, 1.165) is 11.3 Å². The molecular formula is C22H25ClN7O5S2+. The SMILES string of the molecule is NCCCO/N=C(\C(=O)NC[C@@H]1C(=O)N2C(C(=O)O)=C(C[n+]3ccccc3)CS[C@H]12)c1nc(N)sc1Cl. The van der Waals surface area contributed by atoms with Crippen molar-refractivity contribution in [1.82, 2.24) is 15.2 Å². The minimum Gasteiger partial charge on any atom is -0.477 e. The number of aromatic nitrogens is 2. The lowest BCUT2D eigenvalue weighted by molar-refractivity contribution is -0.689. The van der Waals surface area contributed by atoms with Crippen molar-refractivity contribution >= 4 is 63.3 Å². The number of carbonyl (C=O) groups is 3. The lowest BCUT2D eigenvalue weighted by Gasteiger charge is -2.49. The monoisotopic (exact) mass is 566 g/mol. The van der Waals surface area contributed by atoms with E-state index >= 15 is 0 Å². The van der Waals surface area contributed by atoms with E-state index in [1.165, 1.54) is 16.7 Å². The van der Waals surface area contributed by atoms with Crippen molar-refractivity contribution in [2.24, 2.45) is 16.8 Å². The molecule has 0 aromatic carbocycles. The number of amides is 2. The molecule has 2 aliphatic rings. The lowest BCUT2D eigenvalue weighted by atomic mass is 9.95. The normalized spacial score (nSPS) is 19.4. The summed E-state index contributed by atoms with van der Waals surface area (Å²) in [6, 6.07) is 5.56. The number of carboxylic acid groups (broad SMARTS) is 1. The van der Waals surface area contributed by atoms with E-state index in [4.69, 9.17) is 27.9 Å². The van der Waals surface area contributed by atoms with E-state index < -0.39 is 23.2 Å². The van der Waals surface area contributed by atoms with Crippen LogP contribution >= 0.6 is 34.7 Å². The van der Waals surface area contributed by atoms with Gasteiger partial charge in [0.15, 0.2) is 29.8 Å². The van der Waals surface area contributed by atoms with E-state index in [1.54, 1.807) is 0 Å². The standard InChI is InChI=1S/C22H24ClN7O5S2/c23-17-14(27-22(25)37-17)15(28-35-8-4-5-24)18(31)26-9-13-19(32)30-16(21(33)34)12(11-36-20(13)30)10-29-6-2-1-3-7-29/h1-3,6-7,13,20H,4-5,8-11,24H2,(H3-,25,26,27,31,33,34)/p+1/b28-15-/t13-,20-/m1/s1. The van der Waals surface area contributed by atoms with Gasteiger partial charge in [-0.3, -0.25) is 14.5 Å². The highest BCUT2D eigenvalue weighted by molar-refractivity contribution is 8.00. The number of β-lactam (4-membered cyclic amide) rings is 1. The highest BCUT2D eigenvalue weighted by Gasteiger charge is 2.53. The van der Waals surface area contributed by atoms with Crippen LogP contribution in [0.1, 0.15) is 12.1 Å². The summed E-state index contributed by atoms with van der Waals surface area (Å²) in [6.45, 7) is 0.905. The third-order valence-electron chi connectivity index (χ3n) is 5.63. The van der Waals surface area contributed by atoms with E-state index in [1.807, 2.05) is 35.2 Å². The van der Waals surface area contributed by atoms with Crippen molar-refractivity contribution in [3.05, 3.63) is 51.9 Å². The Bertz CT molecular complexity index is 1250. The van der Waals surface area contributed by atoms with Crippen molar-refractivity contribution in [3.63, 3.8) is 0 Å². The molecule has 0 spiro atoms. The Morgan fingerprint density at radius 1 is 1.35 bits per heavy atom. The number of halogens is 1. The smallest absolute Gasteiger partial charge is 0.352 e. The van der Waals surface area contributed by atoms with Crippen molar-refractivity contribution in [1.29, 1.82) is 0 Å². The molecule has 6 N–H and O–H groups in total. The Hall–Kier alpha value is -3.20. The zero-order valence-electron chi connectivity index (χ0n) is 19.5. The number of carbonyl (C=O) groups excluding carboxylic acids is 2. The second-order valence-corrected chi connectivity index (χ2v) is 10.9. The van der Waals surface area contributed by atoms with Gasteiger partial charge in [0.2, 0.25) is 5.91 Å². The zero-order chi connectivity index (χ0) is 26.5. The summed E-state index contributed by atoms with van der Waals surface area (Å²) >= 11 is 8.62. The van der Waals surface area contributed by atoms with Crippen LogP contribution in [0.3, 0.4) is 0 Å². The second kappa shape index (κ2) is 11.9. The summed E-state index contributed by atoms with van der Waals surface area (Å²) in [5.74, 6) is -2.35. The number of aliphatic carboxylic acids is 1. The number of hydrogen-bond donors (Lipinski definition) is 4. The van der Waals surface area contributed by atoms with Crippen LogP contribution in [-0.2, 0) is 25.8 Å². The largest absolute Gasteiger partial charge is 0.477 e. The summed E-state index contributed by atoms with van der Waals surface area (Å²) in [6.07, 6.45) is 4.20. The number of thioether (sulfide) groups is 1. The average molecular weight is 567 g/mol. The molecule has 0 bridgehead atoms. The molecule has 2 aromatic rings. The van der Waals surface area contributed by atoms with Crippen LogP contribution in [0.4, 0.5) is 5.13 Å². The number of hydrogen-bond acceptors (Lipinski definition) is 10. The van der Waals surface area contributed by atoms with E-state index in [0.29, 0.717) is 30.8 Å². The van der Waals surface area contributed by atoms with Crippen LogP contribution in [-0.4, -0.2) is 69.3 Å². The second-order valence-electron chi connectivity index (χ2n) is 8.12. The number of carboxylic acids is 1. The Kier molecular flexibility index (Phi) is 8.63. The molecule has 2 atom stereocenters. The first-order valence-corrected chi connectivity index (χ1v) is 13.5. The summed E-state index contributed by atoms with van der Waals surface area (Å²) in [7, 11) is 0. The van der Waals surface area contributed by atoms with Gasteiger partial charge in [-0.2, -0.15) is 0 Å². The van der Waals surface area contributed by atoms with E-state index in [9.17, 15) is 19.5 Å². The van der Waals surface area contributed by atoms with Crippen molar-refractivity contribution in [3.8, 4) is 0 Å². The predicted molar refractivity (Wildman–Crippen MR) is 139 cm³/mol. The van der Waals surface area contributed by atoms with Gasteiger partial charge >= 0.3 is 5.97 Å². The number of nitrogen functional groups attached to an aromatic ring is 1. The topological polar surface area (TPSA) is 177 Å². The molecule has 4 rings (SSSR count). The summed E-state index contributed by atoms with van der Waals surface area (Å²) in [4.78, 5) is 48.6. The summed E-state index contributed by atoms with van der Waals surface area (Å²) in [5.41, 5.74) is 11.7. The molecule has 2 amide bonds. The highest BCUT2D eigenvalue weighted by Crippen LogP contribution is 2.43. The van der Waals surface area contributed by atoms with Gasteiger partial charge in [0, 0.05) is 30.0 Å². The van der Waals surface area contributed by atoms with Gasteiger partial charge in [-0.15, -0.1) is 11.8 Å². The molecule has 2 aromatic heterocycles. The number of oxime groups is 1. The number of fused-ring (bicyclic) bond motifs is 1. The van der Waals surface area contributed by atoms with E-state index in [2.05, 4.69) is 15.5 Å². The Labute approximate surface area is 225 Å². The molecule has 1 saturated heterocycles. The lowest BCUT2D eigenvalue weighted by Crippen LogP contribution is -2.64. The number of rotatable bonds is 11. The molecule has 12 nitrogen and oxygen atoms in total. The Morgan fingerprint density at radius 3 is 2.76 bits per heavy atom. The maximum Gasteiger partial charge on any atom is 0.352 e. The molecule has 0 aliphatic carbocycles. The molecule has 0 saturated carbocycles. The fraction of sp³-hybridized carbons (Fsp3) is 0.364. The minimum absolute atomic E-state index is 0.00651. The van der Waals surface area contributed by atoms with Gasteiger partial charge in [0.1, 0.15) is 22.3 Å². The third kappa shape index (κ3) is 5.87. The van der Waals surface area contributed by atoms with Crippen molar-refractivity contribution in [2.75, 3.05) is 31.2 Å². The van der Waals surface area contributed by atoms with Crippen LogP contribution in [0.15, 0.2) is 47.0 Å². The summed E-state index contributed by atoms with van der Waals surface area (Å²) < 4.78 is 2.02. The van der Waals surface area contributed by atoms with Crippen LogP contribution in [0.25, 0.3) is 0 Å². The van der Waals surface area contributed by atoms with Crippen LogP contribution in [0.2, 0.25) is 4.34 Å². The fourth-order valence-electron chi connectivity index (χ4n) is 3.90. The van der Waals surface area contributed by atoms with Gasteiger partial charge in [0.05, 0.1) is 11.3 Å². The van der Waals surface area contributed by atoms with Gasteiger partial charge in [0.25, 0.3) is 5.91 Å². The quantitative estimate of drug-likeness (QED) is 0.0986. The molecule has 0 unspecified atom stereocenters. The predicted octanol–water partition coefficient (Wildman–Crippen LogP) is 0.422. The Morgan fingerprint density at radius 2 is 2.11 bits per heavy atom. The van der Waals surface area contributed by atoms with Crippen molar-refractivity contribution < 1.29 is 28.9 Å². The molecule has 4 heterocycles. The van der Waals surface area contributed by atoms with Crippen LogP contribution < -0.4 is 21.4 Å². The van der Waals surface area contributed by atoms with Gasteiger partial charge in [-0.05, 0) is 13.0 Å². The number of nitrogens with one attached hydrogen (secondary N) is 1. The number of pyridine rings is 1. The molecular weight excluding hydrogens is 542 g/mol. The molecule has 196 valence electrons. The third-order valence-corrected chi connectivity index (χ3v) is 8.11. The number of anilines is 1. The first-order valence-electron chi connectivity index (χ1n) is 11.3. The number of nitrogens with two attached hydrogens (primary N) is 2. The highest BCUT2D eigenvalue weighted by atomic mass is 35.5. The molecule has 1 fully saturated rings. The maximum absolute atomic E-state index is 13.0. The fourth-order valence-corrected chi connectivity index (χ4v) is 6.23. The molecule has 0 radical (unpaired) electrons. The van der Waals surface area contributed by atoms with Crippen LogP contribution in [0.5, 0.6) is 0 Å². The van der Waals surface area contributed by atoms with Crippen LogP contribution in [0, 0.1) is 5.92 Å². The minimum atomic E-state index is -1.16. The maximum atomic E-state index is 13.0. The first kappa shape index (κ1) is 26.9. The molecule has 15 heteroatoms.